The van der Waals surface area contributed by atoms with Crippen LogP contribution in [0.4, 0.5) is 11.5 Å². The van der Waals surface area contributed by atoms with Crippen molar-refractivity contribution >= 4 is 11.5 Å². The third kappa shape index (κ3) is 2.31. The van der Waals surface area contributed by atoms with Gasteiger partial charge in [0.05, 0.1) is 11.4 Å². The van der Waals surface area contributed by atoms with Crippen LogP contribution in [0, 0.1) is 6.92 Å². The number of nitrogens with zero attached hydrogens (tertiary/aromatic N) is 3. The zero-order valence-electron chi connectivity index (χ0n) is 11.1. The van der Waals surface area contributed by atoms with Crippen LogP contribution in [0.1, 0.15) is 39.8 Å². The van der Waals surface area contributed by atoms with Gasteiger partial charge in [0.2, 0.25) is 0 Å². The fourth-order valence-electron chi connectivity index (χ4n) is 2.01. The van der Waals surface area contributed by atoms with E-state index in [4.69, 9.17) is 5.73 Å². The minimum Gasteiger partial charge on any atom is -0.394 e. The smallest absolute Gasteiger partial charge is 0.150 e. The van der Waals surface area contributed by atoms with Crippen LogP contribution in [0.15, 0.2) is 0 Å². The zero-order valence-corrected chi connectivity index (χ0v) is 11.1. The quantitative estimate of drug-likeness (QED) is 0.835. The van der Waals surface area contributed by atoms with Gasteiger partial charge in [-0.05, 0) is 34.1 Å². The Kier molecular flexibility index (Phi) is 4.21. The van der Waals surface area contributed by atoms with E-state index in [0.29, 0.717) is 6.04 Å². The summed E-state index contributed by atoms with van der Waals surface area (Å²) in [4.78, 5) is 2.30. The first-order valence-corrected chi connectivity index (χ1v) is 6.12. The summed E-state index contributed by atoms with van der Waals surface area (Å²) in [6.45, 7) is 12.5. The molecule has 0 aliphatic carbocycles. The summed E-state index contributed by atoms with van der Waals surface area (Å²) in [5, 5.41) is 4.50. The molecule has 0 bridgehead atoms. The summed E-state index contributed by atoms with van der Waals surface area (Å²) in [5.74, 6) is 1.08. The minimum atomic E-state index is 0.444. The Morgan fingerprint density at radius 2 is 2.00 bits per heavy atom. The topological polar surface area (TPSA) is 47.1 Å². The molecule has 92 valence electrons. The molecule has 0 unspecified atom stereocenters. The molecule has 0 radical (unpaired) electrons. The summed E-state index contributed by atoms with van der Waals surface area (Å²) in [6, 6.07) is 0.444. The number of hydrogen-bond donors (Lipinski definition) is 1. The summed E-state index contributed by atoms with van der Waals surface area (Å²) in [7, 11) is 0. The third-order valence-electron chi connectivity index (χ3n) is 2.82. The Morgan fingerprint density at radius 1 is 1.38 bits per heavy atom. The van der Waals surface area contributed by atoms with E-state index in [9.17, 15) is 0 Å². The van der Waals surface area contributed by atoms with Gasteiger partial charge in [-0.3, -0.25) is 0 Å². The van der Waals surface area contributed by atoms with Gasteiger partial charge in [-0.2, -0.15) is 5.10 Å². The van der Waals surface area contributed by atoms with E-state index in [-0.39, 0.29) is 0 Å². The molecule has 0 atom stereocenters. The highest BCUT2D eigenvalue weighted by molar-refractivity contribution is 5.66. The lowest BCUT2D eigenvalue weighted by molar-refractivity contribution is 0.571. The van der Waals surface area contributed by atoms with Crippen LogP contribution in [0.5, 0.6) is 0 Å². The minimum absolute atomic E-state index is 0.444. The fraction of sp³-hybridized carbons (Fsp3) is 0.750. The van der Waals surface area contributed by atoms with Crippen molar-refractivity contribution in [3.05, 3.63) is 5.69 Å². The van der Waals surface area contributed by atoms with Crippen molar-refractivity contribution in [2.75, 3.05) is 17.2 Å². The number of nitrogen functional groups attached to an aromatic ring is 1. The lowest BCUT2D eigenvalue weighted by Gasteiger charge is -2.28. The van der Waals surface area contributed by atoms with E-state index in [1.165, 1.54) is 0 Å². The van der Waals surface area contributed by atoms with Crippen molar-refractivity contribution in [2.24, 2.45) is 0 Å². The number of hydrogen-bond acceptors (Lipinski definition) is 3. The van der Waals surface area contributed by atoms with Crippen molar-refractivity contribution in [1.29, 1.82) is 0 Å². The Balaban J connectivity index is 3.17. The van der Waals surface area contributed by atoms with Gasteiger partial charge in [0, 0.05) is 19.1 Å². The Hall–Kier alpha value is -1.19. The maximum atomic E-state index is 6.12. The van der Waals surface area contributed by atoms with Crippen LogP contribution in [0.25, 0.3) is 0 Å². The van der Waals surface area contributed by atoms with Gasteiger partial charge in [0.15, 0.2) is 5.82 Å². The largest absolute Gasteiger partial charge is 0.394 e. The monoisotopic (exact) mass is 224 g/mol. The van der Waals surface area contributed by atoms with Crippen molar-refractivity contribution in [3.63, 3.8) is 0 Å². The zero-order chi connectivity index (χ0) is 12.3. The second-order valence-corrected chi connectivity index (χ2v) is 4.43. The van der Waals surface area contributed by atoms with E-state index < -0.39 is 0 Å². The van der Waals surface area contributed by atoms with Gasteiger partial charge in [0.25, 0.3) is 0 Å². The number of aryl methyl sites for hydroxylation is 2. The van der Waals surface area contributed by atoms with Crippen molar-refractivity contribution in [1.82, 2.24) is 9.78 Å². The highest BCUT2D eigenvalue weighted by Gasteiger charge is 2.19. The molecule has 0 aliphatic rings. The second-order valence-electron chi connectivity index (χ2n) is 4.43. The Bertz CT molecular complexity index is 341. The Labute approximate surface area is 98.4 Å². The molecular formula is C12H24N4. The molecule has 16 heavy (non-hydrogen) atoms. The molecule has 0 aliphatic heterocycles. The van der Waals surface area contributed by atoms with Gasteiger partial charge in [0.1, 0.15) is 0 Å². The van der Waals surface area contributed by atoms with Gasteiger partial charge in [-0.15, -0.1) is 0 Å². The van der Waals surface area contributed by atoms with Gasteiger partial charge < -0.3 is 10.6 Å². The van der Waals surface area contributed by atoms with Crippen LogP contribution >= 0.6 is 0 Å². The van der Waals surface area contributed by atoms with E-state index in [2.05, 4.69) is 37.7 Å². The molecule has 1 aromatic rings. The Morgan fingerprint density at radius 3 is 2.44 bits per heavy atom. The summed E-state index contributed by atoms with van der Waals surface area (Å²) >= 11 is 0. The summed E-state index contributed by atoms with van der Waals surface area (Å²) in [6.07, 6.45) is 1.07. The standard InChI is InChI=1S/C12H24N4/c1-6-8-16-12(11(13)10(5)14-16)15(7-2)9(3)4/h9H,6-8,13H2,1-5H3. The number of aromatic nitrogens is 2. The molecule has 0 aromatic carbocycles. The van der Waals surface area contributed by atoms with E-state index in [1.807, 2.05) is 11.6 Å². The van der Waals surface area contributed by atoms with Gasteiger partial charge in [-0.1, -0.05) is 6.92 Å². The molecule has 1 rings (SSSR count). The lowest BCUT2D eigenvalue weighted by atomic mass is 10.3. The third-order valence-corrected chi connectivity index (χ3v) is 2.82. The molecule has 1 heterocycles. The molecular weight excluding hydrogens is 200 g/mol. The van der Waals surface area contributed by atoms with Gasteiger partial charge >= 0.3 is 0 Å². The summed E-state index contributed by atoms with van der Waals surface area (Å²) < 4.78 is 2.04. The number of rotatable bonds is 5. The first-order valence-electron chi connectivity index (χ1n) is 6.12. The van der Waals surface area contributed by atoms with E-state index in [1.54, 1.807) is 0 Å². The lowest BCUT2D eigenvalue weighted by Crippen LogP contribution is -2.33. The predicted octanol–water partition coefficient (Wildman–Crippen LogP) is 2.42. The summed E-state index contributed by atoms with van der Waals surface area (Å²) in [5.41, 5.74) is 7.88. The average molecular weight is 224 g/mol. The molecule has 0 amide bonds. The molecule has 4 nitrogen and oxygen atoms in total. The SMILES string of the molecule is CCCn1nc(C)c(N)c1N(CC)C(C)C. The molecule has 0 saturated heterocycles. The van der Waals surface area contributed by atoms with E-state index in [0.717, 1.165) is 36.7 Å². The van der Waals surface area contributed by atoms with Gasteiger partial charge in [-0.25, -0.2) is 4.68 Å². The van der Waals surface area contributed by atoms with E-state index >= 15 is 0 Å². The molecule has 4 heteroatoms. The number of anilines is 2. The van der Waals surface area contributed by atoms with Crippen LogP contribution < -0.4 is 10.6 Å². The van der Waals surface area contributed by atoms with Crippen molar-refractivity contribution < 1.29 is 0 Å². The van der Waals surface area contributed by atoms with Crippen molar-refractivity contribution in [3.8, 4) is 0 Å². The molecule has 2 N–H and O–H groups in total. The maximum Gasteiger partial charge on any atom is 0.150 e. The first-order chi connectivity index (χ1) is 7.52. The van der Waals surface area contributed by atoms with Crippen LogP contribution in [0.2, 0.25) is 0 Å². The molecule has 0 saturated carbocycles. The fourth-order valence-corrected chi connectivity index (χ4v) is 2.01. The highest BCUT2D eigenvalue weighted by Crippen LogP contribution is 2.28. The van der Waals surface area contributed by atoms with Crippen molar-refractivity contribution in [2.45, 2.75) is 53.6 Å². The molecule has 1 aromatic heterocycles. The number of nitrogens with two attached hydrogens (primary N) is 1. The average Bonchev–Trinajstić information content (AvgIpc) is 2.47. The second kappa shape index (κ2) is 5.23. The highest BCUT2D eigenvalue weighted by atomic mass is 15.4. The maximum absolute atomic E-state index is 6.12. The predicted molar refractivity (Wildman–Crippen MR) is 69.8 cm³/mol. The normalized spacial score (nSPS) is 11.1. The first kappa shape index (κ1) is 12.9. The van der Waals surface area contributed by atoms with Crippen LogP contribution in [-0.4, -0.2) is 22.4 Å². The van der Waals surface area contributed by atoms with Crippen LogP contribution in [-0.2, 0) is 6.54 Å². The van der Waals surface area contributed by atoms with Crippen LogP contribution in [0.3, 0.4) is 0 Å². The molecule has 0 spiro atoms. The molecule has 0 fully saturated rings.